The van der Waals surface area contributed by atoms with Gasteiger partial charge in [0.1, 0.15) is 9.77 Å². The average Bonchev–Trinajstić information content (AvgIpc) is 3.18. The van der Waals surface area contributed by atoms with Crippen LogP contribution in [0.2, 0.25) is 0 Å². The fourth-order valence-electron chi connectivity index (χ4n) is 2.38. The van der Waals surface area contributed by atoms with Gasteiger partial charge in [0.25, 0.3) is 5.91 Å². The van der Waals surface area contributed by atoms with Gasteiger partial charge in [-0.15, -0.1) is 11.3 Å². The van der Waals surface area contributed by atoms with Crippen LogP contribution in [0.1, 0.15) is 35.9 Å². The number of carbonyl (C=O) groups excluding carboxylic acids is 1. The zero-order valence-electron chi connectivity index (χ0n) is 12.8. The minimum atomic E-state index is -3.54. The Morgan fingerprint density at radius 3 is 2.68 bits per heavy atom. The number of thiophene rings is 1. The number of hydrogen-bond acceptors (Lipinski definition) is 5. The van der Waals surface area contributed by atoms with Crippen molar-refractivity contribution in [1.29, 1.82) is 0 Å². The van der Waals surface area contributed by atoms with E-state index >= 15 is 0 Å². The van der Waals surface area contributed by atoms with E-state index in [1.807, 2.05) is 0 Å². The van der Waals surface area contributed by atoms with Gasteiger partial charge in [-0.25, -0.2) is 8.42 Å². The SMILES string of the molecule is CCCNCCNC(=O)c1sccc1S(=O)(=O)N1CCCC1. The second kappa shape index (κ2) is 8.05. The summed E-state index contributed by atoms with van der Waals surface area (Å²) in [7, 11) is -3.54. The van der Waals surface area contributed by atoms with Crippen LogP contribution in [0.25, 0.3) is 0 Å². The van der Waals surface area contributed by atoms with E-state index in [1.165, 1.54) is 21.7 Å². The first-order valence-electron chi connectivity index (χ1n) is 7.64. The molecular formula is C14H23N3O3S2. The number of hydrogen-bond donors (Lipinski definition) is 2. The highest BCUT2D eigenvalue weighted by molar-refractivity contribution is 7.89. The smallest absolute Gasteiger partial charge is 0.262 e. The molecule has 6 nitrogen and oxygen atoms in total. The van der Waals surface area contributed by atoms with Crippen LogP contribution in [0, 0.1) is 0 Å². The Bertz CT molecular complexity index is 592. The van der Waals surface area contributed by atoms with Crippen molar-refractivity contribution in [1.82, 2.24) is 14.9 Å². The molecule has 1 aromatic heterocycles. The Hall–Kier alpha value is -0.960. The van der Waals surface area contributed by atoms with Crippen molar-refractivity contribution < 1.29 is 13.2 Å². The molecule has 1 amide bonds. The molecule has 0 saturated carbocycles. The fraction of sp³-hybridized carbons (Fsp3) is 0.643. The number of sulfonamides is 1. The lowest BCUT2D eigenvalue weighted by molar-refractivity contribution is 0.0955. The lowest BCUT2D eigenvalue weighted by Crippen LogP contribution is -2.33. The molecule has 2 heterocycles. The Kier molecular flexibility index (Phi) is 6.37. The predicted octanol–water partition coefficient (Wildman–Crippen LogP) is 1.26. The Morgan fingerprint density at radius 2 is 2.00 bits per heavy atom. The van der Waals surface area contributed by atoms with E-state index in [9.17, 15) is 13.2 Å². The molecule has 1 fully saturated rings. The number of nitrogens with one attached hydrogen (secondary N) is 2. The highest BCUT2D eigenvalue weighted by atomic mass is 32.2. The Morgan fingerprint density at radius 1 is 1.27 bits per heavy atom. The first-order chi connectivity index (χ1) is 10.6. The molecule has 0 aromatic carbocycles. The van der Waals surface area contributed by atoms with Crippen molar-refractivity contribution in [3.8, 4) is 0 Å². The van der Waals surface area contributed by atoms with Crippen LogP contribution in [0.15, 0.2) is 16.3 Å². The molecule has 0 aliphatic carbocycles. The average molecular weight is 345 g/mol. The lowest BCUT2D eigenvalue weighted by atomic mass is 10.4. The third-order valence-electron chi connectivity index (χ3n) is 3.53. The molecule has 0 bridgehead atoms. The van der Waals surface area contributed by atoms with E-state index in [0.29, 0.717) is 26.2 Å². The van der Waals surface area contributed by atoms with Crippen LogP contribution < -0.4 is 10.6 Å². The molecule has 0 atom stereocenters. The maximum Gasteiger partial charge on any atom is 0.262 e. The quantitative estimate of drug-likeness (QED) is 0.695. The summed E-state index contributed by atoms with van der Waals surface area (Å²) in [4.78, 5) is 12.6. The molecule has 2 rings (SSSR count). The standard InChI is InChI=1S/C14H23N3O3S2/c1-2-6-15-7-8-16-14(18)13-12(5-11-21-13)22(19,20)17-9-3-4-10-17/h5,11,15H,2-4,6-10H2,1H3,(H,16,18). The predicted molar refractivity (Wildman–Crippen MR) is 87.8 cm³/mol. The maximum absolute atomic E-state index is 12.6. The van der Waals surface area contributed by atoms with Crippen molar-refractivity contribution in [2.24, 2.45) is 0 Å². The minimum Gasteiger partial charge on any atom is -0.350 e. The van der Waals surface area contributed by atoms with Crippen LogP contribution in [-0.2, 0) is 10.0 Å². The molecule has 0 spiro atoms. The van der Waals surface area contributed by atoms with Crippen molar-refractivity contribution >= 4 is 27.3 Å². The monoisotopic (exact) mass is 345 g/mol. The zero-order chi connectivity index (χ0) is 16.0. The van der Waals surface area contributed by atoms with Crippen molar-refractivity contribution in [2.45, 2.75) is 31.1 Å². The molecule has 124 valence electrons. The number of rotatable bonds is 8. The van der Waals surface area contributed by atoms with Crippen molar-refractivity contribution in [3.63, 3.8) is 0 Å². The topological polar surface area (TPSA) is 78.5 Å². The molecule has 0 radical (unpaired) electrons. The van der Waals surface area contributed by atoms with Crippen LogP contribution in [0.5, 0.6) is 0 Å². The summed E-state index contributed by atoms with van der Waals surface area (Å²) in [5.74, 6) is -0.314. The fourth-order valence-corrected chi connectivity index (χ4v) is 5.21. The Balaban J connectivity index is 2.01. The zero-order valence-corrected chi connectivity index (χ0v) is 14.4. The van der Waals surface area contributed by atoms with Gasteiger partial charge >= 0.3 is 0 Å². The van der Waals surface area contributed by atoms with E-state index in [2.05, 4.69) is 17.6 Å². The van der Waals surface area contributed by atoms with Gasteiger partial charge < -0.3 is 10.6 Å². The van der Waals surface area contributed by atoms with Gasteiger partial charge in [-0.1, -0.05) is 6.92 Å². The molecular weight excluding hydrogens is 322 g/mol. The third kappa shape index (κ3) is 4.07. The van der Waals surface area contributed by atoms with Crippen LogP contribution >= 0.6 is 11.3 Å². The summed E-state index contributed by atoms with van der Waals surface area (Å²) < 4.78 is 26.6. The molecule has 1 saturated heterocycles. The molecule has 1 aliphatic heterocycles. The highest BCUT2D eigenvalue weighted by Gasteiger charge is 2.31. The summed E-state index contributed by atoms with van der Waals surface area (Å²) in [6.45, 7) is 5.23. The van der Waals surface area contributed by atoms with Crippen molar-refractivity contribution in [2.75, 3.05) is 32.7 Å². The number of nitrogens with zero attached hydrogens (tertiary/aromatic N) is 1. The Labute approximate surface area is 135 Å². The molecule has 22 heavy (non-hydrogen) atoms. The van der Waals surface area contributed by atoms with Gasteiger partial charge in [-0.3, -0.25) is 4.79 Å². The van der Waals surface area contributed by atoms with E-state index in [-0.39, 0.29) is 15.7 Å². The van der Waals surface area contributed by atoms with Gasteiger partial charge in [-0.05, 0) is 37.3 Å². The second-order valence-corrected chi connectivity index (χ2v) is 8.05. The number of carbonyl (C=O) groups is 1. The number of amides is 1. The van der Waals surface area contributed by atoms with E-state index in [1.54, 1.807) is 5.38 Å². The third-order valence-corrected chi connectivity index (χ3v) is 6.52. The molecule has 1 aromatic rings. The summed E-state index contributed by atoms with van der Waals surface area (Å²) in [6, 6.07) is 1.53. The van der Waals surface area contributed by atoms with Gasteiger partial charge in [0.15, 0.2) is 0 Å². The minimum absolute atomic E-state index is 0.137. The lowest BCUT2D eigenvalue weighted by Gasteiger charge is -2.15. The first-order valence-corrected chi connectivity index (χ1v) is 9.96. The molecule has 2 N–H and O–H groups in total. The second-order valence-electron chi connectivity index (χ2n) is 5.23. The maximum atomic E-state index is 12.6. The molecule has 0 unspecified atom stereocenters. The van der Waals surface area contributed by atoms with Gasteiger partial charge in [-0.2, -0.15) is 4.31 Å². The van der Waals surface area contributed by atoms with E-state index < -0.39 is 10.0 Å². The first kappa shape index (κ1) is 17.4. The largest absolute Gasteiger partial charge is 0.350 e. The van der Waals surface area contributed by atoms with E-state index in [0.717, 1.165) is 25.8 Å². The molecule has 1 aliphatic rings. The van der Waals surface area contributed by atoms with Gasteiger partial charge in [0.05, 0.1) is 0 Å². The summed E-state index contributed by atoms with van der Waals surface area (Å²) in [5, 5.41) is 7.62. The highest BCUT2D eigenvalue weighted by Crippen LogP contribution is 2.27. The summed E-state index contributed by atoms with van der Waals surface area (Å²) >= 11 is 1.17. The van der Waals surface area contributed by atoms with Crippen molar-refractivity contribution in [3.05, 3.63) is 16.3 Å². The van der Waals surface area contributed by atoms with Crippen LogP contribution in [-0.4, -0.2) is 51.4 Å². The molecule has 8 heteroatoms. The van der Waals surface area contributed by atoms with Gasteiger partial charge in [0.2, 0.25) is 10.0 Å². The summed E-state index contributed by atoms with van der Waals surface area (Å²) in [6.07, 6.45) is 2.80. The van der Waals surface area contributed by atoms with Gasteiger partial charge in [0, 0.05) is 26.2 Å². The normalized spacial score (nSPS) is 16.0. The van der Waals surface area contributed by atoms with Crippen LogP contribution in [0.3, 0.4) is 0 Å². The summed E-state index contributed by atoms with van der Waals surface area (Å²) in [5.41, 5.74) is 0. The van der Waals surface area contributed by atoms with E-state index in [4.69, 9.17) is 0 Å². The van der Waals surface area contributed by atoms with Crippen LogP contribution in [0.4, 0.5) is 0 Å².